The van der Waals surface area contributed by atoms with Crippen LogP contribution in [-0.2, 0) is 37.0 Å². The topological polar surface area (TPSA) is 63.6 Å². The van der Waals surface area contributed by atoms with Crippen LogP contribution in [0.15, 0.2) is 18.3 Å². The summed E-state index contributed by atoms with van der Waals surface area (Å²) in [7, 11) is 0. The first kappa shape index (κ1) is 22.9. The van der Waals surface area contributed by atoms with Gasteiger partial charge < -0.3 is 14.2 Å². The number of aromatic nitrogens is 1. The van der Waals surface area contributed by atoms with Gasteiger partial charge in [-0.1, -0.05) is 0 Å². The van der Waals surface area contributed by atoms with Crippen molar-refractivity contribution in [2.45, 2.75) is 77.8 Å². The highest BCUT2D eigenvalue weighted by Crippen LogP contribution is 2.43. The monoisotopic (exact) mass is 509 g/mol. The molecule has 0 unspecified atom stereocenters. The minimum Gasteiger partial charge on any atom is -0.462 e. The van der Waals surface area contributed by atoms with E-state index in [0.717, 1.165) is 49.8 Å². The second-order valence-corrected chi connectivity index (χ2v) is 11.9. The van der Waals surface area contributed by atoms with Gasteiger partial charge in [0, 0.05) is 27.2 Å². The van der Waals surface area contributed by atoms with Gasteiger partial charge in [0.15, 0.2) is 0 Å². The van der Waals surface area contributed by atoms with E-state index in [4.69, 9.17) is 4.74 Å². The van der Waals surface area contributed by atoms with Gasteiger partial charge >= 0.3 is 12.0 Å². The molecule has 0 aromatic carbocycles. The zero-order chi connectivity index (χ0) is 24.1. The van der Waals surface area contributed by atoms with Crippen molar-refractivity contribution in [3.05, 3.63) is 56.0 Å². The van der Waals surface area contributed by atoms with Gasteiger partial charge in [0.25, 0.3) is 0 Å². The van der Waals surface area contributed by atoms with Crippen LogP contribution in [0.3, 0.4) is 0 Å². The van der Waals surface area contributed by atoms with Gasteiger partial charge in [-0.25, -0.2) is 9.59 Å². The van der Waals surface area contributed by atoms with Crippen LogP contribution >= 0.6 is 22.7 Å². The number of urea groups is 1. The summed E-state index contributed by atoms with van der Waals surface area (Å²) in [5.74, 6) is -0.325. The molecule has 0 saturated heterocycles. The average molecular weight is 510 g/mol. The zero-order valence-electron chi connectivity index (χ0n) is 20.3. The lowest BCUT2D eigenvalue weighted by Crippen LogP contribution is -2.36. The number of nitrogens with one attached hydrogen (secondary N) is 1. The first-order valence-electron chi connectivity index (χ1n) is 12.8. The molecule has 8 heteroatoms. The molecule has 1 aliphatic heterocycles. The first-order valence-corrected chi connectivity index (χ1v) is 14.4. The summed E-state index contributed by atoms with van der Waals surface area (Å²) < 4.78 is 7.68. The van der Waals surface area contributed by atoms with Crippen LogP contribution in [0.4, 0.5) is 9.80 Å². The maximum Gasteiger partial charge on any atom is 0.341 e. The number of esters is 1. The fraction of sp³-hybridized carbons (Fsp3) is 0.481. The number of amides is 2. The van der Waals surface area contributed by atoms with Crippen molar-refractivity contribution >= 4 is 39.7 Å². The van der Waals surface area contributed by atoms with Crippen molar-refractivity contribution in [3.63, 3.8) is 0 Å². The first-order chi connectivity index (χ1) is 17.1. The molecule has 6 rings (SSSR count). The van der Waals surface area contributed by atoms with Crippen LogP contribution in [0.2, 0.25) is 0 Å². The maximum atomic E-state index is 13.9. The van der Waals surface area contributed by atoms with Gasteiger partial charge in [-0.3, -0.25) is 5.32 Å². The van der Waals surface area contributed by atoms with Crippen LogP contribution in [0.5, 0.6) is 0 Å². The van der Waals surface area contributed by atoms with E-state index in [1.165, 1.54) is 38.7 Å². The summed E-state index contributed by atoms with van der Waals surface area (Å²) in [5, 5.41) is 5.06. The Kier molecular flexibility index (Phi) is 5.96. The lowest BCUT2D eigenvalue weighted by atomic mass is 9.95. The fourth-order valence-electron chi connectivity index (χ4n) is 5.85. The van der Waals surface area contributed by atoms with Gasteiger partial charge in [0.2, 0.25) is 0 Å². The second kappa shape index (κ2) is 9.13. The van der Waals surface area contributed by atoms with Gasteiger partial charge in [0.05, 0.1) is 24.8 Å². The van der Waals surface area contributed by atoms with Crippen molar-refractivity contribution in [2.24, 2.45) is 0 Å². The average Bonchev–Trinajstić information content (AvgIpc) is 3.55. The fourth-order valence-corrected chi connectivity index (χ4v) is 8.52. The van der Waals surface area contributed by atoms with Crippen molar-refractivity contribution < 1.29 is 14.3 Å². The molecule has 3 aromatic heterocycles. The number of rotatable bonds is 3. The number of fused-ring (bicyclic) bond motifs is 6. The molecule has 184 valence electrons. The second-order valence-electron chi connectivity index (χ2n) is 9.67. The minimum absolute atomic E-state index is 0.0931. The molecule has 3 aliphatic rings. The summed E-state index contributed by atoms with van der Waals surface area (Å²) in [5.41, 5.74) is 5.49. The third-order valence-corrected chi connectivity index (χ3v) is 10.2. The number of thiophene rings is 2. The Balaban J connectivity index is 1.37. The summed E-state index contributed by atoms with van der Waals surface area (Å²) in [6.07, 6.45) is 10.8. The number of anilines is 1. The van der Waals surface area contributed by atoms with E-state index in [-0.39, 0.29) is 18.0 Å². The van der Waals surface area contributed by atoms with E-state index in [1.807, 2.05) is 23.2 Å². The smallest absolute Gasteiger partial charge is 0.341 e. The summed E-state index contributed by atoms with van der Waals surface area (Å²) in [6, 6.07) is 3.94. The molecule has 35 heavy (non-hydrogen) atoms. The summed E-state index contributed by atoms with van der Waals surface area (Å²) in [6.45, 7) is 4.82. The van der Waals surface area contributed by atoms with E-state index in [9.17, 15) is 9.59 Å². The zero-order valence-corrected chi connectivity index (χ0v) is 21.9. The van der Waals surface area contributed by atoms with Crippen LogP contribution in [-0.4, -0.2) is 28.1 Å². The molecule has 1 atom stereocenters. The largest absolute Gasteiger partial charge is 0.462 e. The Morgan fingerprint density at radius 1 is 1.03 bits per heavy atom. The van der Waals surface area contributed by atoms with Crippen molar-refractivity contribution in [1.82, 2.24) is 9.47 Å². The number of aryl methyl sites for hydroxylation is 2. The number of hydrogen-bond donors (Lipinski definition) is 1. The number of carbonyl (C=O) groups excluding carboxylic acids is 2. The Morgan fingerprint density at radius 2 is 1.74 bits per heavy atom. The molecule has 4 heterocycles. The van der Waals surface area contributed by atoms with Crippen molar-refractivity contribution in [1.29, 1.82) is 0 Å². The van der Waals surface area contributed by atoms with E-state index in [1.54, 1.807) is 11.3 Å². The van der Waals surface area contributed by atoms with E-state index in [0.29, 0.717) is 23.7 Å². The molecule has 1 N–H and O–H groups in total. The summed E-state index contributed by atoms with van der Waals surface area (Å²) >= 11 is 3.44. The molecule has 2 aliphatic carbocycles. The van der Waals surface area contributed by atoms with E-state index < -0.39 is 0 Å². The van der Waals surface area contributed by atoms with Gasteiger partial charge in [-0.15, -0.1) is 22.7 Å². The number of carbonyl (C=O) groups is 2. The Morgan fingerprint density at radius 3 is 2.51 bits per heavy atom. The van der Waals surface area contributed by atoms with Crippen LogP contribution in [0.25, 0.3) is 5.00 Å². The number of hydrogen-bond acceptors (Lipinski definition) is 5. The molecule has 0 spiro atoms. The number of nitrogens with zero attached hydrogens (tertiary/aromatic N) is 2. The SMILES string of the molecule is CCOC(=O)c1c(NC(=O)N2Cc3c(sc4c3CCCC4)-n3cccc3[C@@H]2C)sc2c1CCCC2. The van der Waals surface area contributed by atoms with E-state index in [2.05, 4.69) is 35.1 Å². The predicted octanol–water partition coefficient (Wildman–Crippen LogP) is 6.64. The molecule has 6 nitrogen and oxygen atoms in total. The van der Waals surface area contributed by atoms with Crippen LogP contribution < -0.4 is 5.32 Å². The molecular formula is C27H31N3O3S2. The third kappa shape index (κ3) is 3.82. The number of ether oxygens (including phenoxy) is 1. The Labute approximate surface area is 213 Å². The van der Waals surface area contributed by atoms with Gasteiger partial charge in [-0.2, -0.15) is 0 Å². The molecule has 0 saturated carbocycles. The standard InChI is InChI=1S/C27H31N3O3S2/c1-3-33-26(31)23-18-10-5-7-13-22(18)34-24(23)28-27(32)30-15-19-17-9-4-6-12-21(17)35-25(19)29-14-8-11-20(29)16(30)2/h8,11,14,16H,3-7,9-10,12-13,15H2,1-2H3,(H,28,32)/t16-/m0/s1. The van der Waals surface area contributed by atoms with Crippen LogP contribution in [0, 0.1) is 0 Å². The lowest BCUT2D eigenvalue weighted by Gasteiger charge is -2.28. The van der Waals surface area contributed by atoms with E-state index >= 15 is 0 Å². The summed E-state index contributed by atoms with van der Waals surface area (Å²) in [4.78, 5) is 31.4. The highest BCUT2D eigenvalue weighted by atomic mass is 32.1. The van der Waals surface area contributed by atoms with Gasteiger partial charge in [-0.05, 0) is 88.5 Å². The quantitative estimate of drug-likeness (QED) is 0.402. The maximum absolute atomic E-state index is 13.9. The third-order valence-electron chi connectivity index (χ3n) is 7.61. The predicted molar refractivity (Wildman–Crippen MR) is 140 cm³/mol. The Bertz CT molecular complexity index is 1300. The van der Waals surface area contributed by atoms with Crippen LogP contribution in [0.1, 0.15) is 88.1 Å². The molecule has 0 bridgehead atoms. The molecule has 3 aromatic rings. The molecular weight excluding hydrogens is 478 g/mol. The highest BCUT2D eigenvalue weighted by Gasteiger charge is 2.34. The lowest BCUT2D eigenvalue weighted by molar-refractivity contribution is 0.0526. The van der Waals surface area contributed by atoms with Crippen molar-refractivity contribution in [2.75, 3.05) is 11.9 Å². The highest BCUT2D eigenvalue weighted by molar-refractivity contribution is 7.17. The Hall–Kier alpha value is -2.58. The molecule has 0 radical (unpaired) electrons. The minimum atomic E-state index is -0.325. The molecule has 0 fully saturated rings. The molecule has 2 amide bonds. The van der Waals surface area contributed by atoms with Gasteiger partial charge in [0.1, 0.15) is 10.0 Å². The van der Waals surface area contributed by atoms with Crippen molar-refractivity contribution in [3.8, 4) is 5.00 Å². The normalized spacial score (nSPS) is 18.7.